The van der Waals surface area contributed by atoms with Gasteiger partial charge in [0.15, 0.2) is 0 Å². The van der Waals surface area contributed by atoms with Gasteiger partial charge in [-0.25, -0.2) is 0 Å². The van der Waals surface area contributed by atoms with Crippen molar-refractivity contribution in [2.24, 2.45) is 5.73 Å². The van der Waals surface area contributed by atoms with Gasteiger partial charge in [0.25, 0.3) is 0 Å². The molecule has 0 heterocycles. The molecule has 0 radical (unpaired) electrons. The molecule has 1 amide bonds. The highest BCUT2D eigenvalue weighted by Gasteiger charge is 2.19. The first-order chi connectivity index (χ1) is 10.2. The highest BCUT2D eigenvalue weighted by molar-refractivity contribution is 7.87. The van der Waals surface area contributed by atoms with Crippen LogP contribution in [0.3, 0.4) is 0 Å². The number of primary amides is 1. The molecule has 22 heavy (non-hydrogen) atoms. The number of carbonyl (C=O) groups is 1. The lowest BCUT2D eigenvalue weighted by molar-refractivity contribution is 0.1000. The fourth-order valence-corrected chi connectivity index (χ4v) is 3.29. The highest BCUT2D eigenvalue weighted by Crippen LogP contribution is 2.28. The van der Waals surface area contributed by atoms with Crippen molar-refractivity contribution in [1.82, 2.24) is 0 Å². The van der Waals surface area contributed by atoms with E-state index in [2.05, 4.69) is 0 Å². The second-order valence-corrected chi connectivity index (χ2v) is 6.70. The molecule has 5 nitrogen and oxygen atoms in total. The SMILES string of the molecule is Cc1cc(C)c(OS(=O)(=O)c2ccc(C(N)=O)cc2)c(C)c1. The minimum Gasteiger partial charge on any atom is -0.378 e. The van der Waals surface area contributed by atoms with Crippen LogP contribution in [0.1, 0.15) is 27.0 Å². The van der Waals surface area contributed by atoms with E-state index in [-0.39, 0.29) is 10.5 Å². The minimum atomic E-state index is -3.97. The lowest BCUT2D eigenvalue weighted by Crippen LogP contribution is -2.13. The summed E-state index contributed by atoms with van der Waals surface area (Å²) < 4.78 is 29.9. The van der Waals surface area contributed by atoms with Crippen LogP contribution in [0.25, 0.3) is 0 Å². The van der Waals surface area contributed by atoms with Gasteiger partial charge in [-0.1, -0.05) is 17.7 Å². The summed E-state index contributed by atoms with van der Waals surface area (Å²) >= 11 is 0. The molecule has 0 saturated carbocycles. The fourth-order valence-electron chi connectivity index (χ4n) is 2.24. The lowest BCUT2D eigenvalue weighted by atomic mass is 10.1. The summed E-state index contributed by atoms with van der Waals surface area (Å²) in [5.74, 6) is -0.292. The molecular formula is C16H17NO4S. The van der Waals surface area contributed by atoms with Crippen LogP contribution in [0.15, 0.2) is 41.3 Å². The van der Waals surface area contributed by atoms with E-state index in [4.69, 9.17) is 9.92 Å². The topological polar surface area (TPSA) is 86.5 Å². The molecule has 0 spiro atoms. The summed E-state index contributed by atoms with van der Waals surface area (Å²) in [6.45, 7) is 5.52. The average Bonchev–Trinajstić information content (AvgIpc) is 2.43. The summed E-state index contributed by atoms with van der Waals surface area (Å²) in [5.41, 5.74) is 7.89. The van der Waals surface area contributed by atoms with Crippen LogP contribution in [0.4, 0.5) is 0 Å². The van der Waals surface area contributed by atoms with Crippen molar-refractivity contribution in [1.29, 1.82) is 0 Å². The Balaban J connectivity index is 2.38. The molecule has 2 aromatic rings. The molecule has 6 heteroatoms. The van der Waals surface area contributed by atoms with Crippen molar-refractivity contribution in [3.05, 3.63) is 58.7 Å². The highest BCUT2D eigenvalue weighted by atomic mass is 32.2. The lowest BCUT2D eigenvalue weighted by Gasteiger charge is -2.13. The van der Waals surface area contributed by atoms with Crippen molar-refractivity contribution >= 4 is 16.0 Å². The Morgan fingerprint density at radius 1 is 1.00 bits per heavy atom. The third-order valence-electron chi connectivity index (χ3n) is 3.23. The van der Waals surface area contributed by atoms with Crippen molar-refractivity contribution < 1.29 is 17.4 Å². The van der Waals surface area contributed by atoms with Crippen LogP contribution < -0.4 is 9.92 Å². The summed E-state index contributed by atoms with van der Waals surface area (Å²) in [6.07, 6.45) is 0. The number of aryl methyl sites for hydroxylation is 3. The molecule has 2 aromatic carbocycles. The number of amides is 1. The van der Waals surface area contributed by atoms with Crippen LogP contribution >= 0.6 is 0 Å². The third kappa shape index (κ3) is 3.28. The van der Waals surface area contributed by atoms with E-state index in [0.717, 1.165) is 16.7 Å². The monoisotopic (exact) mass is 319 g/mol. The van der Waals surface area contributed by atoms with Crippen molar-refractivity contribution in [3.8, 4) is 5.75 Å². The summed E-state index contributed by atoms with van der Waals surface area (Å²) in [4.78, 5) is 11.0. The molecule has 0 atom stereocenters. The zero-order valence-corrected chi connectivity index (χ0v) is 13.4. The van der Waals surface area contributed by atoms with Gasteiger partial charge >= 0.3 is 10.1 Å². The summed E-state index contributed by atoms with van der Waals surface area (Å²) in [7, 11) is -3.97. The average molecular weight is 319 g/mol. The predicted molar refractivity (Wildman–Crippen MR) is 83.4 cm³/mol. The van der Waals surface area contributed by atoms with Gasteiger partial charge in [-0.15, -0.1) is 0 Å². The predicted octanol–water partition coefficient (Wildman–Crippen LogP) is 2.48. The molecular weight excluding hydrogens is 302 g/mol. The van der Waals surface area contributed by atoms with Crippen molar-refractivity contribution in [2.45, 2.75) is 25.7 Å². The Morgan fingerprint density at radius 3 is 1.95 bits per heavy atom. The van der Waals surface area contributed by atoms with Gasteiger partial charge in [-0.3, -0.25) is 4.79 Å². The smallest absolute Gasteiger partial charge is 0.339 e. The third-order valence-corrected chi connectivity index (χ3v) is 4.46. The van der Waals surface area contributed by atoms with E-state index in [1.165, 1.54) is 24.3 Å². The van der Waals surface area contributed by atoms with E-state index >= 15 is 0 Å². The second kappa shape index (κ2) is 5.81. The van der Waals surface area contributed by atoms with Crippen LogP contribution in [0.5, 0.6) is 5.75 Å². The summed E-state index contributed by atoms with van der Waals surface area (Å²) in [5, 5.41) is 0. The van der Waals surface area contributed by atoms with Gasteiger partial charge in [0.1, 0.15) is 10.6 Å². The maximum Gasteiger partial charge on any atom is 0.339 e. The van der Waals surface area contributed by atoms with Gasteiger partial charge in [0, 0.05) is 5.56 Å². The molecule has 0 unspecified atom stereocenters. The molecule has 0 bridgehead atoms. The number of rotatable bonds is 4. The van der Waals surface area contributed by atoms with Crippen molar-refractivity contribution in [2.75, 3.05) is 0 Å². The van der Waals surface area contributed by atoms with Crippen LogP contribution in [0, 0.1) is 20.8 Å². The zero-order valence-electron chi connectivity index (χ0n) is 12.6. The van der Waals surface area contributed by atoms with E-state index in [0.29, 0.717) is 5.75 Å². The molecule has 116 valence electrons. The van der Waals surface area contributed by atoms with E-state index in [1.807, 2.05) is 19.1 Å². The van der Waals surface area contributed by atoms with Crippen LogP contribution in [-0.4, -0.2) is 14.3 Å². The largest absolute Gasteiger partial charge is 0.378 e. The zero-order chi connectivity index (χ0) is 16.5. The first-order valence-electron chi connectivity index (χ1n) is 6.63. The van der Waals surface area contributed by atoms with E-state index in [9.17, 15) is 13.2 Å². The van der Waals surface area contributed by atoms with Gasteiger partial charge in [-0.2, -0.15) is 8.42 Å². The Hall–Kier alpha value is -2.34. The number of nitrogens with two attached hydrogens (primary N) is 1. The van der Waals surface area contributed by atoms with Gasteiger partial charge in [-0.05, 0) is 56.2 Å². The fraction of sp³-hybridized carbons (Fsp3) is 0.188. The van der Waals surface area contributed by atoms with E-state index in [1.54, 1.807) is 13.8 Å². The van der Waals surface area contributed by atoms with Crippen molar-refractivity contribution in [3.63, 3.8) is 0 Å². The number of hydrogen-bond acceptors (Lipinski definition) is 4. The Bertz CT molecular complexity index is 801. The maximum absolute atomic E-state index is 12.3. The number of carbonyl (C=O) groups excluding carboxylic acids is 1. The molecule has 0 saturated heterocycles. The Morgan fingerprint density at radius 2 is 1.50 bits per heavy atom. The molecule has 0 fully saturated rings. The molecule has 0 aliphatic heterocycles. The van der Waals surface area contributed by atoms with Gasteiger partial charge in [0.2, 0.25) is 5.91 Å². The summed E-state index contributed by atoms with van der Waals surface area (Å²) in [6, 6.07) is 9.02. The molecule has 2 N–H and O–H groups in total. The molecule has 0 aliphatic carbocycles. The van der Waals surface area contributed by atoms with Crippen LogP contribution in [-0.2, 0) is 10.1 Å². The molecule has 0 aliphatic rings. The first-order valence-corrected chi connectivity index (χ1v) is 8.04. The maximum atomic E-state index is 12.3. The van der Waals surface area contributed by atoms with Gasteiger partial charge < -0.3 is 9.92 Å². The first kappa shape index (κ1) is 16.0. The van der Waals surface area contributed by atoms with Crippen LogP contribution in [0.2, 0.25) is 0 Å². The van der Waals surface area contributed by atoms with Gasteiger partial charge in [0.05, 0.1) is 0 Å². The Kier molecular flexibility index (Phi) is 4.23. The quantitative estimate of drug-likeness (QED) is 0.877. The normalized spacial score (nSPS) is 11.2. The molecule has 0 aromatic heterocycles. The number of hydrogen-bond donors (Lipinski definition) is 1. The standard InChI is InChI=1S/C16H17NO4S/c1-10-8-11(2)15(12(3)9-10)21-22(19,20)14-6-4-13(5-7-14)16(17)18/h4-9H,1-3H3,(H2,17,18). The minimum absolute atomic E-state index is 0.0307. The number of benzene rings is 2. The molecule has 2 rings (SSSR count). The van der Waals surface area contributed by atoms with E-state index < -0.39 is 16.0 Å². The second-order valence-electron chi connectivity index (χ2n) is 5.15. The Labute approximate surface area is 129 Å².